The van der Waals surface area contributed by atoms with Gasteiger partial charge in [-0.15, -0.1) is 0 Å². The van der Waals surface area contributed by atoms with Crippen molar-refractivity contribution in [1.29, 1.82) is 0 Å². The minimum absolute atomic E-state index is 0.0188. The predicted molar refractivity (Wildman–Crippen MR) is 128 cm³/mol. The molecule has 0 fully saturated rings. The summed E-state index contributed by atoms with van der Waals surface area (Å²) in [4.78, 5) is 36.2. The Bertz CT molecular complexity index is 1590. The Kier molecular flexibility index (Phi) is 6.18. The number of carbonyl (C=O) groups is 2. The molecule has 0 atom stereocenters. The molecule has 4 rings (SSSR count). The maximum atomic E-state index is 12.4. The summed E-state index contributed by atoms with van der Waals surface area (Å²) in [5.41, 5.74) is -1.84. The number of carboxylic acid groups (broad SMARTS) is 2. The molecule has 2 aromatic carbocycles. The second-order valence-electron chi connectivity index (χ2n) is 7.17. The summed E-state index contributed by atoms with van der Waals surface area (Å²) >= 11 is 19.2. The van der Waals surface area contributed by atoms with Crippen molar-refractivity contribution in [3.63, 3.8) is 0 Å². The van der Waals surface area contributed by atoms with E-state index in [1.807, 2.05) is 0 Å². The van der Waals surface area contributed by atoms with Crippen LogP contribution in [0, 0.1) is 0 Å². The maximum Gasteiger partial charge on any atom is 0.338 e. The molecule has 9 nitrogen and oxygen atoms in total. The van der Waals surface area contributed by atoms with E-state index < -0.39 is 38.5 Å². The van der Waals surface area contributed by atoms with Crippen LogP contribution in [-0.4, -0.2) is 41.5 Å². The summed E-state index contributed by atoms with van der Waals surface area (Å²) < 4.78 is 16.1. The first-order valence-corrected chi connectivity index (χ1v) is 10.7. The molecule has 0 saturated heterocycles. The van der Waals surface area contributed by atoms with Crippen LogP contribution in [-0.2, 0) is 0 Å². The SMILES string of the molecule is COc1cc2c(-c3c(Cl)c(Cl)c(C(=O)O)c(C(=O)O)c3Cl)c3cc(OC)c(=O)cc-3oc2cc1O. The Morgan fingerprint density at radius 1 is 0.829 bits per heavy atom. The van der Waals surface area contributed by atoms with Crippen LogP contribution in [0.4, 0.5) is 0 Å². The van der Waals surface area contributed by atoms with Gasteiger partial charge < -0.3 is 29.2 Å². The van der Waals surface area contributed by atoms with Crippen LogP contribution in [0.25, 0.3) is 33.4 Å². The topological polar surface area (TPSA) is 144 Å². The fourth-order valence-corrected chi connectivity index (χ4v) is 4.75. The first-order valence-electron chi connectivity index (χ1n) is 9.54. The summed E-state index contributed by atoms with van der Waals surface area (Å²) in [5, 5.41) is 28.4. The number of aromatic carboxylic acids is 2. The van der Waals surface area contributed by atoms with Gasteiger partial charge in [0.2, 0.25) is 5.43 Å². The molecule has 0 radical (unpaired) electrons. The van der Waals surface area contributed by atoms with E-state index >= 15 is 0 Å². The first-order chi connectivity index (χ1) is 16.5. The Hall–Kier alpha value is -3.66. The molecule has 0 bridgehead atoms. The molecule has 1 aliphatic heterocycles. The number of aromatic hydroxyl groups is 1. The highest BCUT2D eigenvalue weighted by molar-refractivity contribution is 6.49. The van der Waals surface area contributed by atoms with Gasteiger partial charge in [0.05, 0.1) is 40.4 Å². The van der Waals surface area contributed by atoms with Crippen molar-refractivity contribution in [2.24, 2.45) is 0 Å². The number of fused-ring (bicyclic) bond motifs is 2. The lowest BCUT2D eigenvalue weighted by atomic mass is 9.90. The van der Waals surface area contributed by atoms with E-state index in [-0.39, 0.29) is 55.7 Å². The van der Waals surface area contributed by atoms with Crippen molar-refractivity contribution in [2.45, 2.75) is 0 Å². The molecular formula is C23H13Cl3O9. The molecule has 1 aliphatic carbocycles. The number of hydrogen-bond donors (Lipinski definition) is 3. The van der Waals surface area contributed by atoms with Gasteiger partial charge in [-0.25, -0.2) is 9.59 Å². The number of carboxylic acids is 2. The number of rotatable bonds is 5. The molecule has 0 saturated carbocycles. The van der Waals surface area contributed by atoms with E-state index in [2.05, 4.69) is 0 Å². The quantitative estimate of drug-likeness (QED) is 0.217. The van der Waals surface area contributed by atoms with Crippen LogP contribution in [0.1, 0.15) is 20.7 Å². The van der Waals surface area contributed by atoms with Gasteiger partial charge in [0.25, 0.3) is 0 Å². The zero-order valence-corrected chi connectivity index (χ0v) is 20.0. The first kappa shape index (κ1) is 24.5. The van der Waals surface area contributed by atoms with E-state index in [1.54, 1.807) is 0 Å². The van der Waals surface area contributed by atoms with Gasteiger partial charge in [-0.1, -0.05) is 34.8 Å². The second-order valence-corrected chi connectivity index (χ2v) is 8.31. The van der Waals surface area contributed by atoms with Gasteiger partial charge in [0, 0.05) is 34.2 Å². The van der Waals surface area contributed by atoms with Crippen LogP contribution >= 0.6 is 34.8 Å². The molecule has 0 spiro atoms. The normalized spacial score (nSPS) is 11.1. The van der Waals surface area contributed by atoms with Crippen LogP contribution in [0.2, 0.25) is 15.1 Å². The van der Waals surface area contributed by atoms with Crippen molar-refractivity contribution in [2.75, 3.05) is 14.2 Å². The van der Waals surface area contributed by atoms with E-state index in [0.29, 0.717) is 0 Å². The zero-order chi connectivity index (χ0) is 25.8. The van der Waals surface area contributed by atoms with Crippen LogP contribution in [0.15, 0.2) is 33.5 Å². The smallest absolute Gasteiger partial charge is 0.338 e. The predicted octanol–water partition coefficient (Wildman–Crippen LogP) is 5.64. The lowest BCUT2D eigenvalue weighted by Crippen LogP contribution is -2.12. The highest BCUT2D eigenvalue weighted by atomic mass is 35.5. The monoisotopic (exact) mass is 538 g/mol. The van der Waals surface area contributed by atoms with Gasteiger partial charge in [0.1, 0.15) is 11.3 Å². The van der Waals surface area contributed by atoms with Crippen molar-refractivity contribution < 1.29 is 38.8 Å². The average molecular weight is 540 g/mol. The largest absolute Gasteiger partial charge is 0.504 e. The molecule has 12 heteroatoms. The van der Waals surface area contributed by atoms with E-state index in [9.17, 15) is 29.7 Å². The second kappa shape index (κ2) is 8.84. The minimum atomic E-state index is -1.66. The fraction of sp³-hybridized carbons (Fsp3) is 0.0870. The molecule has 2 aromatic rings. The van der Waals surface area contributed by atoms with Gasteiger partial charge in [0.15, 0.2) is 17.2 Å². The molecule has 0 aromatic heterocycles. The van der Waals surface area contributed by atoms with Crippen LogP contribution < -0.4 is 14.9 Å². The third kappa shape index (κ3) is 3.78. The molecule has 3 N–H and O–H groups in total. The number of ether oxygens (including phenoxy) is 2. The molecule has 0 unspecified atom stereocenters. The molecule has 1 heterocycles. The van der Waals surface area contributed by atoms with Crippen molar-refractivity contribution >= 4 is 57.7 Å². The highest BCUT2D eigenvalue weighted by Gasteiger charge is 2.32. The van der Waals surface area contributed by atoms with Gasteiger partial charge >= 0.3 is 11.9 Å². The number of methoxy groups -OCH3 is 2. The fourth-order valence-electron chi connectivity index (χ4n) is 3.79. The van der Waals surface area contributed by atoms with E-state index in [4.69, 9.17) is 48.7 Å². The third-order valence-electron chi connectivity index (χ3n) is 5.30. The van der Waals surface area contributed by atoms with Gasteiger partial charge in [-0.2, -0.15) is 0 Å². The number of phenols is 1. The van der Waals surface area contributed by atoms with Crippen molar-refractivity contribution in [3.8, 4) is 39.7 Å². The van der Waals surface area contributed by atoms with Crippen molar-refractivity contribution in [1.82, 2.24) is 0 Å². The molecule has 35 heavy (non-hydrogen) atoms. The number of hydrogen-bond acceptors (Lipinski definition) is 7. The number of halogens is 3. The molecule has 180 valence electrons. The Morgan fingerprint density at radius 3 is 2.00 bits per heavy atom. The average Bonchev–Trinajstić information content (AvgIpc) is 2.79. The van der Waals surface area contributed by atoms with E-state index in [1.165, 1.54) is 32.4 Å². The highest BCUT2D eigenvalue weighted by Crippen LogP contribution is 2.51. The zero-order valence-electron chi connectivity index (χ0n) is 17.7. The Morgan fingerprint density at radius 2 is 1.43 bits per heavy atom. The molecule has 0 amide bonds. The van der Waals surface area contributed by atoms with Crippen molar-refractivity contribution in [3.05, 3.63) is 60.7 Å². The Balaban J connectivity index is 2.33. The summed E-state index contributed by atoms with van der Waals surface area (Å²) in [6.07, 6.45) is 0. The summed E-state index contributed by atoms with van der Waals surface area (Å²) in [6.45, 7) is 0. The summed E-state index contributed by atoms with van der Waals surface area (Å²) in [5.74, 6) is -3.61. The molecular weight excluding hydrogens is 527 g/mol. The number of phenolic OH excluding ortho intramolecular Hbond substituents is 1. The summed E-state index contributed by atoms with van der Waals surface area (Å²) in [6, 6.07) is 5.07. The molecule has 2 aliphatic rings. The summed E-state index contributed by atoms with van der Waals surface area (Å²) in [7, 11) is 2.59. The maximum absolute atomic E-state index is 12.4. The van der Waals surface area contributed by atoms with E-state index in [0.717, 1.165) is 6.07 Å². The Labute approximate surface area is 210 Å². The standard InChI is InChI=1S/C23H13Cl3O9/c1-33-13-3-7-11(5-9(13)27)35-12-6-10(28)14(34-2)4-8(12)15(7)16-19(24)17(22(29)30)18(23(31)32)21(26)20(16)25/h3-6,27H,1-2H3,(H,29,30)(H,31,32). The van der Waals surface area contributed by atoms with Crippen LogP contribution in [0.3, 0.4) is 0 Å². The van der Waals surface area contributed by atoms with Gasteiger partial charge in [-0.05, 0) is 12.1 Å². The number of benzene rings is 3. The lowest BCUT2D eigenvalue weighted by molar-refractivity contribution is 0.0652. The minimum Gasteiger partial charge on any atom is -0.504 e. The van der Waals surface area contributed by atoms with Gasteiger partial charge in [-0.3, -0.25) is 4.79 Å². The third-order valence-corrected chi connectivity index (χ3v) is 6.53. The lowest BCUT2D eigenvalue weighted by Gasteiger charge is -2.21. The van der Waals surface area contributed by atoms with Crippen LogP contribution in [0.5, 0.6) is 17.2 Å².